The van der Waals surface area contributed by atoms with Gasteiger partial charge in [-0.25, -0.2) is 0 Å². The van der Waals surface area contributed by atoms with E-state index in [2.05, 4.69) is 19.6 Å². The van der Waals surface area contributed by atoms with Crippen LogP contribution in [0.1, 0.15) is 27.7 Å². The van der Waals surface area contributed by atoms with E-state index in [1.54, 1.807) is 0 Å². The summed E-state index contributed by atoms with van der Waals surface area (Å²) in [6.07, 6.45) is -5.66. The number of hydrogen-bond acceptors (Lipinski definition) is 10. The maximum atomic E-state index is 11.7. The molecule has 0 amide bonds. The van der Waals surface area contributed by atoms with Gasteiger partial charge >= 0.3 is 23.9 Å². The molecule has 0 N–H and O–H groups in total. The normalized spacial score (nSPS) is 26.4. The maximum Gasteiger partial charge on any atom is 0.303 e. The van der Waals surface area contributed by atoms with Crippen molar-refractivity contribution in [2.45, 2.75) is 84.1 Å². The fraction of sp³-hybridized carbons (Fsp3) is 0.789. The molecule has 0 aliphatic carbocycles. The second-order valence-electron chi connectivity index (χ2n) is 8.25. The zero-order chi connectivity index (χ0) is 23.1. The van der Waals surface area contributed by atoms with E-state index in [1.807, 2.05) is 0 Å². The average Bonchev–Trinajstić information content (AvgIpc) is 2.55. The lowest BCUT2D eigenvalue weighted by molar-refractivity contribution is -0.307. The standard InChI is InChI=1S/C19H32O10Si/c1-11(20)25-10-15-16(26-12(2)21)17(27-13(3)22)18(28-14(4)23)19(29-15)24-8-9-30(5,6)7/h15-19H,8-10H2,1-7H3/t15-,16-,17+,18-,19+/m1/s1. The zero-order valence-electron chi connectivity index (χ0n) is 18.6. The Morgan fingerprint density at radius 2 is 1.27 bits per heavy atom. The highest BCUT2D eigenvalue weighted by atomic mass is 28.3. The fourth-order valence-corrected chi connectivity index (χ4v) is 3.53. The van der Waals surface area contributed by atoms with Gasteiger partial charge in [0.25, 0.3) is 0 Å². The van der Waals surface area contributed by atoms with Crippen LogP contribution < -0.4 is 0 Å². The van der Waals surface area contributed by atoms with E-state index in [4.69, 9.17) is 28.4 Å². The smallest absolute Gasteiger partial charge is 0.303 e. The van der Waals surface area contributed by atoms with Gasteiger partial charge in [-0.1, -0.05) is 19.6 Å². The lowest BCUT2D eigenvalue weighted by Gasteiger charge is -2.44. The van der Waals surface area contributed by atoms with Crippen LogP contribution in [0.15, 0.2) is 0 Å². The third-order valence-electron chi connectivity index (χ3n) is 4.08. The molecule has 1 heterocycles. The van der Waals surface area contributed by atoms with Crippen LogP contribution in [0.5, 0.6) is 0 Å². The summed E-state index contributed by atoms with van der Waals surface area (Å²) in [6.45, 7) is 11.3. The predicted octanol–water partition coefficient (Wildman–Crippen LogP) is 1.42. The Morgan fingerprint density at radius 3 is 1.73 bits per heavy atom. The van der Waals surface area contributed by atoms with Crippen molar-refractivity contribution in [3.8, 4) is 0 Å². The van der Waals surface area contributed by atoms with Crippen molar-refractivity contribution in [1.82, 2.24) is 0 Å². The second kappa shape index (κ2) is 11.4. The topological polar surface area (TPSA) is 124 Å². The van der Waals surface area contributed by atoms with E-state index in [-0.39, 0.29) is 6.61 Å². The van der Waals surface area contributed by atoms with E-state index in [1.165, 1.54) is 27.7 Å². The Balaban J connectivity index is 3.22. The van der Waals surface area contributed by atoms with Crippen LogP contribution in [0.4, 0.5) is 0 Å². The molecule has 1 aliphatic rings. The Kier molecular flexibility index (Phi) is 9.92. The third-order valence-corrected chi connectivity index (χ3v) is 5.79. The number of rotatable bonds is 9. The zero-order valence-corrected chi connectivity index (χ0v) is 19.6. The van der Waals surface area contributed by atoms with Gasteiger partial charge in [-0.2, -0.15) is 0 Å². The quantitative estimate of drug-likeness (QED) is 0.290. The molecule has 0 aromatic rings. The van der Waals surface area contributed by atoms with Gasteiger partial charge < -0.3 is 28.4 Å². The highest BCUT2D eigenvalue weighted by Crippen LogP contribution is 2.30. The van der Waals surface area contributed by atoms with E-state index in [0.29, 0.717) is 6.61 Å². The van der Waals surface area contributed by atoms with Crippen LogP contribution in [-0.4, -0.2) is 75.9 Å². The molecular formula is C19H32O10Si. The van der Waals surface area contributed by atoms with Gasteiger partial charge in [-0.15, -0.1) is 0 Å². The molecule has 0 unspecified atom stereocenters. The van der Waals surface area contributed by atoms with Crippen LogP contribution in [-0.2, 0) is 47.6 Å². The fourth-order valence-electron chi connectivity index (χ4n) is 2.80. The van der Waals surface area contributed by atoms with Crippen LogP contribution >= 0.6 is 0 Å². The summed E-state index contributed by atoms with van der Waals surface area (Å²) in [7, 11) is -1.43. The molecular weight excluding hydrogens is 416 g/mol. The lowest BCUT2D eigenvalue weighted by Crippen LogP contribution is -2.63. The van der Waals surface area contributed by atoms with Gasteiger partial charge in [0.1, 0.15) is 12.7 Å². The maximum absolute atomic E-state index is 11.7. The summed E-state index contributed by atoms with van der Waals surface area (Å²) < 4.78 is 32.7. The highest BCUT2D eigenvalue weighted by Gasteiger charge is 2.52. The van der Waals surface area contributed by atoms with Crippen molar-refractivity contribution < 1.29 is 47.6 Å². The summed E-state index contributed by atoms with van der Waals surface area (Å²) in [5, 5.41) is 0. The molecule has 0 saturated carbocycles. The molecule has 0 aromatic heterocycles. The molecule has 1 fully saturated rings. The molecule has 30 heavy (non-hydrogen) atoms. The monoisotopic (exact) mass is 448 g/mol. The van der Waals surface area contributed by atoms with Crippen molar-refractivity contribution in [1.29, 1.82) is 0 Å². The molecule has 172 valence electrons. The minimum absolute atomic E-state index is 0.272. The summed E-state index contributed by atoms with van der Waals surface area (Å²) in [5.74, 6) is -2.57. The largest absolute Gasteiger partial charge is 0.463 e. The van der Waals surface area contributed by atoms with Crippen molar-refractivity contribution in [3.05, 3.63) is 0 Å². The molecule has 0 radical (unpaired) electrons. The molecule has 1 aliphatic heterocycles. The van der Waals surface area contributed by atoms with Crippen LogP contribution in [0.3, 0.4) is 0 Å². The molecule has 0 bridgehead atoms. The predicted molar refractivity (Wildman–Crippen MR) is 106 cm³/mol. The minimum atomic E-state index is -1.43. The minimum Gasteiger partial charge on any atom is -0.463 e. The highest BCUT2D eigenvalue weighted by molar-refractivity contribution is 6.76. The number of carbonyl (C=O) groups is 4. The first-order valence-corrected chi connectivity index (χ1v) is 13.4. The van der Waals surface area contributed by atoms with E-state index < -0.39 is 62.7 Å². The van der Waals surface area contributed by atoms with Gasteiger partial charge in [0, 0.05) is 42.4 Å². The molecule has 0 aromatic carbocycles. The molecule has 1 rings (SSSR count). The number of ether oxygens (including phenoxy) is 6. The SMILES string of the molecule is CC(=O)OC[C@H]1O[C@H](OCC[Si](C)(C)C)[C@H](OC(C)=O)[C@@H](OC(C)=O)[C@@H]1OC(C)=O. The van der Waals surface area contributed by atoms with Gasteiger partial charge in [0.05, 0.1) is 0 Å². The van der Waals surface area contributed by atoms with Crippen molar-refractivity contribution in [2.75, 3.05) is 13.2 Å². The average molecular weight is 449 g/mol. The van der Waals surface area contributed by atoms with Gasteiger partial charge in [0.2, 0.25) is 0 Å². The Bertz CT molecular complexity index is 629. The van der Waals surface area contributed by atoms with E-state index in [0.717, 1.165) is 6.04 Å². The first kappa shape index (κ1) is 26.1. The molecule has 10 nitrogen and oxygen atoms in total. The van der Waals surface area contributed by atoms with E-state index >= 15 is 0 Å². The number of carbonyl (C=O) groups excluding carboxylic acids is 4. The van der Waals surface area contributed by atoms with Crippen molar-refractivity contribution in [2.24, 2.45) is 0 Å². The van der Waals surface area contributed by atoms with Gasteiger partial charge in [-0.3, -0.25) is 19.2 Å². The summed E-state index contributed by atoms with van der Waals surface area (Å²) >= 11 is 0. The van der Waals surface area contributed by atoms with Crippen LogP contribution in [0.2, 0.25) is 25.7 Å². The molecule has 0 spiro atoms. The Hall–Kier alpha value is -1.98. The number of esters is 4. The van der Waals surface area contributed by atoms with Crippen molar-refractivity contribution in [3.63, 3.8) is 0 Å². The van der Waals surface area contributed by atoms with Crippen LogP contribution in [0.25, 0.3) is 0 Å². The Morgan fingerprint density at radius 1 is 0.767 bits per heavy atom. The van der Waals surface area contributed by atoms with Crippen molar-refractivity contribution >= 4 is 32.0 Å². The van der Waals surface area contributed by atoms with Gasteiger partial charge in [0.15, 0.2) is 24.6 Å². The molecule has 11 heteroatoms. The summed E-state index contributed by atoms with van der Waals surface area (Å²) in [6, 6.07) is 0.805. The third kappa shape index (κ3) is 9.22. The van der Waals surface area contributed by atoms with E-state index in [9.17, 15) is 19.2 Å². The first-order valence-electron chi connectivity index (χ1n) is 9.72. The molecule has 5 atom stereocenters. The lowest BCUT2D eigenvalue weighted by atomic mass is 9.98. The summed E-state index contributed by atoms with van der Waals surface area (Å²) in [4.78, 5) is 46.4. The van der Waals surface area contributed by atoms with Crippen LogP contribution in [0, 0.1) is 0 Å². The number of hydrogen-bond donors (Lipinski definition) is 0. The summed E-state index contributed by atoms with van der Waals surface area (Å²) in [5.41, 5.74) is 0. The molecule has 1 saturated heterocycles. The van der Waals surface area contributed by atoms with Gasteiger partial charge in [-0.05, 0) is 6.04 Å². The first-order chi connectivity index (χ1) is 13.8. The Labute approximate surface area is 177 Å². The second-order valence-corrected chi connectivity index (χ2v) is 13.9.